The van der Waals surface area contributed by atoms with E-state index in [1.54, 1.807) is 7.05 Å². The number of nitrogens with two attached hydrogens (primary N) is 1. The molecule has 1 amide bonds. The Morgan fingerprint density at radius 1 is 1.33 bits per heavy atom. The zero-order chi connectivity index (χ0) is 8.28. The first-order valence-electron chi connectivity index (χ1n) is 3.03. The molecule has 3 nitrogen and oxygen atoms in total. The minimum absolute atomic E-state index is 0.00463. The van der Waals surface area contributed by atoms with Crippen LogP contribution in [0.3, 0.4) is 0 Å². The van der Waals surface area contributed by atoms with Crippen molar-refractivity contribution in [1.82, 2.24) is 5.32 Å². The Bertz CT molecular complexity index is 46.3. The third kappa shape index (κ3) is 107. The molecule has 0 saturated heterocycles. The van der Waals surface area contributed by atoms with Gasteiger partial charge in [0.25, 0.3) is 0 Å². The highest BCUT2D eigenvalue weighted by molar-refractivity contribution is 5.72. The van der Waals surface area contributed by atoms with Crippen LogP contribution in [0.1, 0.15) is 20.8 Å². The summed E-state index contributed by atoms with van der Waals surface area (Å²) < 4.78 is 0. The van der Waals surface area contributed by atoms with Crippen molar-refractivity contribution in [3.05, 3.63) is 0 Å². The van der Waals surface area contributed by atoms with Gasteiger partial charge in [-0.2, -0.15) is 0 Å². The Hall–Kier alpha value is -0.570. The second-order valence-corrected chi connectivity index (χ2v) is 0.806. The molecule has 0 heterocycles. The molecule has 0 rings (SSSR count). The van der Waals surface area contributed by atoms with Gasteiger partial charge >= 0.3 is 0 Å². The zero-order valence-corrected chi connectivity index (χ0v) is 6.99. The first kappa shape index (κ1) is 15.8. The average molecular weight is 134 g/mol. The molecule has 0 bridgehead atoms. The topological polar surface area (TPSA) is 55.1 Å². The van der Waals surface area contributed by atoms with E-state index in [4.69, 9.17) is 0 Å². The van der Waals surface area contributed by atoms with E-state index in [1.165, 1.54) is 14.0 Å². The lowest BCUT2D eigenvalue weighted by atomic mass is 10.7. The first-order chi connectivity index (χ1) is 4.27. The number of rotatable bonds is 0. The molecule has 0 aromatic rings. The number of carbonyl (C=O) groups is 1. The fourth-order valence-electron chi connectivity index (χ4n) is 0. The van der Waals surface area contributed by atoms with Crippen molar-refractivity contribution in [2.75, 3.05) is 14.1 Å². The van der Waals surface area contributed by atoms with Crippen LogP contribution in [-0.2, 0) is 4.79 Å². The zero-order valence-electron chi connectivity index (χ0n) is 6.99. The van der Waals surface area contributed by atoms with Crippen LogP contribution in [0.4, 0.5) is 0 Å². The molecule has 0 aliphatic carbocycles. The van der Waals surface area contributed by atoms with Crippen molar-refractivity contribution < 1.29 is 4.79 Å². The molecule has 0 fully saturated rings. The lowest BCUT2D eigenvalue weighted by Gasteiger charge is -1.80. The van der Waals surface area contributed by atoms with Crippen LogP contribution in [0, 0.1) is 0 Å². The molecule has 0 unspecified atom stereocenters. The summed E-state index contributed by atoms with van der Waals surface area (Å²) in [5, 5.41) is 2.39. The fourth-order valence-corrected chi connectivity index (χ4v) is 0. The number of nitrogens with one attached hydrogen (secondary N) is 1. The summed E-state index contributed by atoms with van der Waals surface area (Å²) >= 11 is 0. The standard InChI is InChI=1S/C3H7NO.C2H6.CH5N/c1-3(5)4-2;2*1-2/h1-2H3,(H,4,5);1-2H3;2H2,1H3. The lowest BCUT2D eigenvalue weighted by Crippen LogP contribution is -2.11. The molecule has 0 aromatic heterocycles. The largest absolute Gasteiger partial charge is 0.359 e. The molecular weight excluding hydrogens is 116 g/mol. The number of amides is 1. The van der Waals surface area contributed by atoms with Crippen LogP contribution in [-0.4, -0.2) is 20.0 Å². The van der Waals surface area contributed by atoms with Gasteiger partial charge in [0.05, 0.1) is 0 Å². The fraction of sp³-hybridized carbons (Fsp3) is 0.833. The van der Waals surface area contributed by atoms with Gasteiger partial charge in [0.2, 0.25) is 5.91 Å². The SMILES string of the molecule is CC.CN.CNC(C)=O. The summed E-state index contributed by atoms with van der Waals surface area (Å²) in [6.07, 6.45) is 0. The Morgan fingerprint density at radius 3 is 1.44 bits per heavy atom. The van der Waals surface area contributed by atoms with Crippen molar-refractivity contribution in [2.24, 2.45) is 5.73 Å². The van der Waals surface area contributed by atoms with E-state index in [0.717, 1.165) is 0 Å². The van der Waals surface area contributed by atoms with Crippen LogP contribution in [0.2, 0.25) is 0 Å². The number of hydrogen-bond donors (Lipinski definition) is 2. The lowest BCUT2D eigenvalue weighted by molar-refractivity contribution is -0.118. The van der Waals surface area contributed by atoms with Gasteiger partial charge in [0.15, 0.2) is 0 Å². The minimum Gasteiger partial charge on any atom is -0.359 e. The normalized spacial score (nSPS) is 5.11. The van der Waals surface area contributed by atoms with Gasteiger partial charge in [0, 0.05) is 14.0 Å². The van der Waals surface area contributed by atoms with Gasteiger partial charge in [-0.1, -0.05) is 13.8 Å². The van der Waals surface area contributed by atoms with Gasteiger partial charge in [-0.3, -0.25) is 4.79 Å². The highest BCUT2D eigenvalue weighted by atomic mass is 16.1. The molecular formula is C6H18N2O. The maximum atomic E-state index is 9.70. The summed E-state index contributed by atoms with van der Waals surface area (Å²) in [6, 6.07) is 0. The van der Waals surface area contributed by atoms with E-state index in [9.17, 15) is 4.79 Å². The molecule has 3 heteroatoms. The molecule has 9 heavy (non-hydrogen) atoms. The van der Waals surface area contributed by atoms with Crippen LogP contribution >= 0.6 is 0 Å². The van der Waals surface area contributed by atoms with Crippen LogP contribution < -0.4 is 11.1 Å². The smallest absolute Gasteiger partial charge is 0.216 e. The average Bonchev–Trinajstić information content (AvgIpc) is 1.97. The maximum Gasteiger partial charge on any atom is 0.216 e. The van der Waals surface area contributed by atoms with Gasteiger partial charge < -0.3 is 11.1 Å². The van der Waals surface area contributed by atoms with E-state index in [-0.39, 0.29) is 5.91 Å². The third-order valence-electron chi connectivity index (χ3n) is 0.352. The van der Waals surface area contributed by atoms with Crippen LogP contribution in [0.25, 0.3) is 0 Å². The first-order valence-corrected chi connectivity index (χ1v) is 3.03. The molecule has 0 spiro atoms. The van der Waals surface area contributed by atoms with E-state index >= 15 is 0 Å². The number of carbonyl (C=O) groups excluding carboxylic acids is 1. The predicted octanol–water partition coefficient (Wildman–Crippen LogP) is 0.353. The molecule has 58 valence electrons. The van der Waals surface area contributed by atoms with E-state index in [2.05, 4.69) is 11.1 Å². The second kappa shape index (κ2) is 26.1. The Balaban J connectivity index is -0.0000000771. The van der Waals surface area contributed by atoms with E-state index < -0.39 is 0 Å². The second-order valence-electron chi connectivity index (χ2n) is 0.806. The summed E-state index contributed by atoms with van der Waals surface area (Å²) in [4.78, 5) is 9.70. The maximum absolute atomic E-state index is 9.70. The van der Waals surface area contributed by atoms with E-state index in [0.29, 0.717) is 0 Å². The van der Waals surface area contributed by atoms with Crippen LogP contribution in [0.15, 0.2) is 0 Å². The van der Waals surface area contributed by atoms with Gasteiger partial charge in [-0.15, -0.1) is 0 Å². The molecule has 0 aromatic carbocycles. The monoisotopic (exact) mass is 134 g/mol. The number of hydrogen-bond acceptors (Lipinski definition) is 2. The van der Waals surface area contributed by atoms with E-state index in [1.807, 2.05) is 13.8 Å². The molecule has 0 radical (unpaired) electrons. The van der Waals surface area contributed by atoms with Gasteiger partial charge in [-0.25, -0.2) is 0 Å². The molecule has 0 aliphatic heterocycles. The third-order valence-corrected chi connectivity index (χ3v) is 0.352. The quantitative estimate of drug-likeness (QED) is 0.502. The molecule has 0 saturated carbocycles. The summed E-state index contributed by atoms with van der Waals surface area (Å²) in [7, 11) is 3.10. The minimum atomic E-state index is 0.00463. The van der Waals surface area contributed by atoms with Crippen molar-refractivity contribution >= 4 is 5.91 Å². The van der Waals surface area contributed by atoms with Crippen molar-refractivity contribution in [3.63, 3.8) is 0 Å². The van der Waals surface area contributed by atoms with Crippen molar-refractivity contribution in [1.29, 1.82) is 0 Å². The summed E-state index contributed by atoms with van der Waals surface area (Å²) in [5.41, 5.74) is 4.50. The van der Waals surface area contributed by atoms with Gasteiger partial charge in [0.1, 0.15) is 0 Å². The Kier molecular flexibility index (Phi) is 45.8. The Morgan fingerprint density at radius 2 is 1.44 bits per heavy atom. The predicted molar refractivity (Wildman–Crippen MR) is 41.2 cm³/mol. The summed E-state index contributed by atoms with van der Waals surface area (Å²) in [5.74, 6) is 0.00463. The molecule has 0 aliphatic rings. The van der Waals surface area contributed by atoms with Crippen LogP contribution in [0.5, 0.6) is 0 Å². The van der Waals surface area contributed by atoms with Crippen molar-refractivity contribution in [3.8, 4) is 0 Å². The van der Waals surface area contributed by atoms with Gasteiger partial charge in [-0.05, 0) is 7.05 Å². The summed E-state index contributed by atoms with van der Waals surface area (Å²) in [6.45, 7) is 5.47. The highest BCUT2D eigenvalue weighted by Gasteiger charge is 1.72. The highest BCUT2D eigenvalue weighted by Crippen LogP contribution is 1.45. The Labute approximate surface area is 57.6 Å². The van der Waals surface area contributed by atoms with Crippen molar-refractivity contribution in [2.45, 2.75) is 20.8 Å². The molecule has 0 atom stereocenters. The molecule has 3 N–H and O–H groups in total.